The van der Waals surface area contributed by atoms with Crippen LogP contribution in [0.4, 0.5) is 5.82 Å². The molecule has 0 aromatic carbocycles. The molecule has 2 saturated carbocycles. The van der Waals surface area contributed by atoms with Crippen LogP contribution < -0.4 is 5.73 Å². The lowest BCUT2D eigenvalue weighted by Crippen LogP contribution is -2.15. The summed E-state index contributed by atoms with van der Waals surface area (Å²) in [7, 11) is 0. The zero-order chi connectivity index (χ0) is 11.4. The van der Waals surface area contributed by atoms with E-state index in [4.69, 9.17) is 5.73 Å². The van der Waals surface area contributed by atoms with Gasteiger partial charge in [-0.15, -0.1) is 0 Å². The quantitative estimate of drug-likeness (QED) is 0.809. The maximum Gasteiger partial charge on any atom is 0.165 e. The first-order valence-corrected chi connectivity index (χ1v) is 6.26. The highest BCUT2D eigenvalue weighted by Crippen LogP contribution is 2.51. The number of aromatic nitrogens is 4. The SMILES string of the molecule is Nc1ncnc2c1ncn2C1CC2CCC1C2. The predicted molar refractivity (Wildman–Crippen MR) is 64.2 cm³/mol. The van der Waals surface area contributed by atoms with Gasteiger partial charge < -0.3 is 10.3 Å². The number of nitrogens with two attached hydrogens (primary N) is 1. The normalized spacial score (nSPS) is 31.4. The number of nitrogen functional groups attached to an aromatic ring is 1. The minimum Gasteiger partial charge on any atom is -0.382 e. The zero-order valence-electron chi connectivity index (χ0n) is 9.58. The second-order valence-corrected chi connectivity index (χ2v) is 5.33. The first kappa shape index (κ1) is 9.39. The van der Waals surface area contributed by atoms with Crippen LogP contribution in [0.2, 0.25) is 0 Å². The maximum atomic E-state index is 5.82. The minimum absolute atomic E-state index is 0.483. The summed E-state index contributed by atoms with van der Waals surface area (Å²) in [5.41, 5.74) is 7.46. The average molecular weight is 229 g/mol. The molecule has 3 unspecified atom stereocenters. The van der Waals surface area contributed by atoms with E-state index in [1.165, 1.54) is 32.0 Å². The van der Waals surface area contributed by atoms with Crippen molar-refractivity contribution in [1.29, 1.82) is 0 Å². The first-order chi connectivity index (χ1) is 8.33. The van der Waals surface area contributed by atoms with E-state index in [2.05, 4.69) is 19.5 Å². The van der Waals surface area contributed by atoms with Crippen molar-refractivity contribution in [2.75, 3.05) is 5.73 Å². The van der Waals surface area contributed by atoms with E-state index in [-0.39, 0.29) is 0 Å². The number of hydrogen-bond acceptors (Lipinski definition) is 4. The summed E-state index contributed by atoms with van der Waals surface area (Å²) in [6, 6.07) is 0.577. The molecule has 17 heavy (non-hydrogen) atoms. The van der Waals surface area contributed by atoms with Crippen LogP contribution in [0, 0.1) is 11.8 Å². The molecule has 0 saturated heterocycles. The van der Waals surface area contributed by atoms with Crippen molar-refractivity contribution in [2.45, 2.75) is 31.7 Å². The van der Waals surface area contributed by atoms with Crippen LogP contribution in [0.15, 0.2) is 12.7 Å². The van der Waals surface area contributed by atoms with Gasteiger partial charge in [0.05, 0.1) is 6.33 Å². The lowest BCUT2D eigenvalue weighted by Gasteiger charge is -2.23. The van der Waals surface area contributed by atoms with E-state index >= 15 is 0 Å². The third-order valence-corrected chi connectivity index (χ3v) is 4.45. The summed E-state index contributed by atoms with van der Waals surface area (Å²) in [6.07, 6.45) is 8.84. The van der Waals surface area contributed by atoms with Crippen LogP contribution in [0.3, 0.4) is 0 Å². The Morgan fingerprint density at radius 3 is 2.88 bits per heavy atom. The number of hydrogen-bond donors (Lipinski definition) is 1. The third-order valence-electron chi connectivity index (χ3n) is 4.45. The molecule has 0 radical (unpaired) electrons. The molecule has 2 bridgehead atoms. The van der Waals surface area contributed by atoms with Gasteiger partial charge in [-0.05, 0) is 31.1 Å². The smallest absolute Gasteiger partial charge is 0.165 e. The number of imidazole rings is 1. The van der Waals surface area contributed by atoms with Gasteiger partial charge in [-0.1, -0.05) is 6.42 Å². The Labute approximate surface area is 99.1 Å². The first-order valence-electron chi connectivity index (χ1n) is 6.26. The Kier molecular flexibility index (Phi) is 1.76. The van der Waals surface area contributed by atoms with Gasteiger partial charge in [-0.2, -0.15) is 0 Å². The number of nitrogens with zero attached hydrogens (tertiary/aromatic N) is 4. The molecular formula is C12H15N5. The van der Waals surface area contributed by atoms with E-state index in [1.807, 2.05) is 6.33 Å². The highest BCUT2D eigenvalue weighted by molar-refractivity contribution is 5.81. The van der Waals surface area contributed by atoms with Gasteiger partial charge in [0.25, 0.3) is 0 Å². The van der Waals surface area contributed by atoms with Crippen LogP contribution >= 0.6 is 0 Å². The maximum absolute atomic E-state index is 5.82. The number of anilines is 1. The standard InChI is InChI=1S/C12H15N5/c13-11-10-12(15-5-14-11)17(6-16-10)9-4-7-1-2-8(9)3-7/h5-9H,1-4H2,(H2,13,14,15). The summed E-state index contributed by atoms with van der Waals surface area (Å²) in [4.78, 5) is 12.7. The molecule has 0 amide bonds. The highest BCUT2D eigenvalue weighted by Gasteiger charge is 2.41. The molecule has 2 aromatic rings. The fourth-order valence-electron chi connectivity index (χ4n) is 3.66. The van der Waals surface area contributed by atoms with Crippen LogP contribution in [-0.4, -0.2) is 19.5 Å². The molecule has 2 heterocycles. The van der Waals surface area contributed by atoms with Gasteiger partial charge in [0, 0.05) is 6.04 Å². The molecule has 88 valence electrons. The lowest BCUT2D eigenvalue weighted by molar-refractivity contribution is 0.334. The van der Waals surface area contributed by atoms with Crippen molar-refractivity contribution in [3.05, 3.63) is 12.7 Å². The summed E-state index contributed by atoms with van der Waals surface area (Å²) < 4.78 is 2.22. The Morgan fingerprint density at radius 1 is 1.18 bits per heavy atom. The van der Waals surface area contributed by atoms with Crippen LogP contribution in [-0.2, 0) is 0 Å². The average Bonchev–Trinajstić information content (AvgIpc) is 3.03. The predicted octanol–water partition coefficient (Wildman–Crippen LogP) is 1.77. The van der Waals surface area contributed by atoms with E-state index in [1.54, 1.807) is 0 Å². The van der Waals surface area contributed by atoms with Crippen molar-refractivity contribution in [1.82, 2.24) is 19.5 Å². The summed E-state index contributed by atoms with van der Waals surface area (Å²) in [5, 5.41) is 0. The second-order valence-electron chi connectivity index (χ2n) is 5.33. The van der Waals surface area contributed by atoms with E-state index < -0.39 is 0 Å². The Hall–Kier alpha value is -1.65. The minimum atomic E-state index is 0.483. The van der Waals surface area contributed by atoms with E-state index in [9.17, 15) is 0 Å². The number of fused-ring (bicyclic) bond motifs is 3. The van der Waals surface area contributed by atoms with Crippen molar-refractivity contribution in [3.63, 3.8) is 0 Å². The van der Waals surface area contributed by atoms with Crippen molar-refractivity contribution >= 4 is 17.0 Å². The molecule has 3 atom stereocenters. The molecule has 4 rings (SSSR count). The van der Waals surface area contributed by atoms with Crippen molar-refractivity contribution < 1.29 is 0 Å². The summed E-state index contributed by atoms with van der Waals surface area (Å²) in [6.45, 7) is 0. The summed E-state index contributed by atoms with van der Waals surface area (Å²) in [5.74, 6) is 2.21. The van der Waals surface area contributed by atoms with Gasteiger partial charge in [-0.25, -0.2) is 15.0 Å². The molecule has 2 N–H and O–H groups in total. The third kappa shape index (κ3) is 1.22. The molecule has 0 aliphatic heterocycles. The topological polar surface area (TPSA) is 69.6 Å². The molecule has 2 aliphatic rings. The molecule has 2 aliphatic carbocycles. The number of rotatable bonds is 1. The molecular weight excluding hydrogens is 214 g/mol. The van der Waals surface area contributed by atoms with Gasteiger partial charge in [0.2, 0.25) is 0 Å². The van der Waals surface area contributed by atoms with Crippen LogP contribution in [0.1, 0.15) is 31.7 Å². The fraction of sp³-hybridized carbons (Fsp3) is 0.583. The molecule has 5 nitrogen and oxygen atoms in total. The lowest BCUT2D eigenvalue weighted by atomic mass is 9.95. The van der Waals surface area contributed by atoms with E-state index in [0.29, 0.717) is 11.9 Å². The highest BCUT2D eigenvalue weighted by atomic mass is 15.2. The molecule has 2 fully saturated rings. The van der Waals surface area contributed by atoms with Gasteiger partial charge in [-0.3, -0.25) is 0 Å². The second kappa shape index (κ2) is 3.18. The van der Waals surface area contributed by atoms with E-state index in [0.717, 1.165) is 23.0 Å². The Balaban J connectivity index is 1.84. The zero-order valence-corrected chi connectivity index (χ0v) is 9.58. The largest absolute Gasteiger partial charge is 0.382 e. The molecule has 2 aromatic heterocycles. The Bertz CT molecular complexity index is 575. The van der Waals surface area contributed by atoms with Gasteiger partial charge in [0.1, 0.15) is 11.8 Å². The van der Waals surface area contributed by atoms with Crippen molar-refractivity contribution in [2.24, 2.45) is 11.8 Å². The Morgan fingerprint density at radius 2 is 2.12 bits per heavy atom. The van der Waals surface area contributed by atoms with Gasteiger partial charge >= 0.3 is 0 Å². The monoisotopic (exact) mass is 229 g/mol. The van der Waals surface area contributed by atoms with Gasteiger partial charge in [0.15, 0.2) is 11.5 Å². The molecule has 5 heteroatoms. The van der Waals surface area contributed by atoms with Crippen molar-refractivity contribution in [3.8, 4) is 0 Å². The summed E-state index contributed by atoms with van der Waals surface area (Å²) >= 11 is 0. The fourth-order valence-corrected chi connectivity index (χ4v) is 3.66. The van der Waals surface area contributed by atoms with Crippen LogP contribution in [0.25, 0.3) is 11.2 Å². The van der Waals surface area contributed by atoms with Crippen LogP contribution in [0.5, 0.6) is 0 Å². The molecule has 0 spiro atoms.